The number of aromatic nitrogens is 5. The van der Waals surface area contributed by atoms with Crippen molar-refractivity contribution < 1.29 is 9.18 Å². The summed E-state index contributed by atoms with van der Waals surface area (Å²) in [7, 11) is 0. The molecule has 1 aliphatic rings. The van der Waals surface area contributed by atoms with Gasteiger partial charge in [0.15, 0.2) is 16.7 Å². The van der Waals surface area contributed by atoms with Gasteiger partial charge in [-0.15, -0.1) is 10.2 Å². The van der Waals surface area contributed by atoms with Gasteiger partial charge in [0.25, 0.3) is 5.91 Å². The maximum atomic E-state index is 13.1. The number of amides is 1. The zero-order chi connectivity index (χ0) is 18.3. The van der Waals surface area contributed by atoms with Gasteiger partial charge < -0.3 is 9.47 Å². The molecule has 4 rings (SSSR count). The smallest absolute Gasteiger partial charge is 0.254 e. The van der Waals surface area contributed by atoms with Gasteiger partial charge in [-0.2, -0.15) is 4.37 Å². The molecule has 1 amide bonds. The van der Waals surface area contributed by atoms with E-state index < -0.39 is 0 Å². The van der Waals surface area contributed by atoms with E-state index in [-0.39, 0.29) is 17.8 Å². The van der Waals surface area contributed by atoms with Crippen LogP contribution < -0.4 is 0 Å². The number of hydrogen-bond donors (Lipinski definition) is 0. The zero-order valence-electron chi connectivity index (χ0n) is 14.4. The minimum atomic E-state index is -0.360. The summed E-state index contributed by atoms with van der Waals surface area (Å²) in [5.41, 5.74) is 0.461. The van der Waals surface area contributed by atoms with Crippen molar-refractivity contribution in [2.24, 2.45) is 0 Å². The molecule has 1 atom stereocenters. The number of halogens is 1. The normalized spacial score (nSPS) is 16.6. The standard InChI is InChI=1S/C17H17FN6OS/c1-3-13-19-16(26-22-13)15-21-20-14-10(2)23(8-9-24(14)15)17(25)11-4-6-12(18)7-5-11/h4-7,10H,3,8-9H2,1-2H3. The second kappa shape index (κ2) is 6.56. The number of hydrogen-bond acceptors (Lipinski definition) is 6. The molecule has 0 radical (unpaired) electrons. The third kappa shape index (κ3) is 2.78. The molecule has 9 heteroatoms. The summed E-state index contributed by atoms with van der Waals surface area (Å²) in [6.45, 7) is 5.03. The molecule has 3 heterocycles. The molecule has 0 bridgehead atoms. The van der Waals surface area contributed by atoms with Crippen LogP contribution >= 0.6 is 11.5 Å². The van der Waals surface area contributed by atoms with E-state index in [9.17, 15) is 9.18 Å². The number of aryl methyl sites for hydroxylation is 1. The first-order chi connectivity index (χ1) is 12.6. The molecule has 2 aromatic heterocycles. The quantitative estimate of drug-likeness (QED) is 0.706. The van der Waals surface area contributed by atoms with Gasteiger partial charge in [-0.25, -0.2) is 9.37 Å². The maximum absolute atomic E-state index is 13.1. The number of fused-ring (bicyclic) bond motifs is 1. The molecule has 0 spiro atoms. The van der Waals surface area contributed by atoms with Crippen molar-refractivity contribution in [3.05, 3.63) is 47.3 Å². The Hall–Kier alpha value is -2.68. The van der Waals surface area contributed by atoms with Crippen LogP contribution in [-0.4, -0.2) is 41.5 Å². The summed E-state index contributed by atoms with van der Waals surface area (Å²) < 4.78 is 19.4. The van der Waals surface area contributed by atoms with E-state index in [1.54, 1.807) is 4.90 Å². The first-order valence-corrected chi connectivity index (χ1v) is 9.18. The molecule has 0 saturated carbocycles. The lowest BCUT2D eigenvalue weighted by Gasteiger charge is -2.33. The van der Waals surface area contributed by atoms with Crippen LogP contribution in [0.15, 0.2) is 24.3 Å². The van der Waals surface area contributed by atoms with Crippen molar-refractivity contribution in [1.29, 1.82) is 0 Å². The average Bonchev–Trinajstić information content (AvgIpc) is 3.29. The predicted molar refractivity (Wildman–Crippen MR) is 94.2 cm³/mol. The largest absolute Gasteiger partial charge is 0.327 e. The Morgan fingerprint density at radius 3 is 2.73 bits per heavy atom. The molecular formula is C17H17FN6OS. The van der Waals surface area contributed by atoms with Gasteiger partial charge >= 0.3 is 0 Å². The molecule has 3 aromatic rings. The summed E-state index contributed by atoms with van der Waals surface area (Å²) >= 11 is 1.31. The molecule has 134 valence electrons. The van der Waals surface area contributed by atoms with E-state index in [0.29, 0.717) is 24.5 Å². The van der Waals surface area contributed by atoms with E-state index in [1.165, 1.54) is 35.8 Å². The molecule has 0 saturated heterocycles. The van der Waals surface area contributed by atoms with E-state index in [2.05, 4.69) is 19.6 Å². The average molecular weight is 372 g/mol. The van der Waals surface area contributed by atoms with Gasteiger partial charge in [0, 0.05) is 25.1 Å². The Bertz CT molecular complexity index is 951. The molecule has 7 nitrogen and oxygen atoms in total. The van der Waals surface area contributed by atoms with Crippen LogP contribution in [0.25, 0.3) is 10.8 Å². The molecule has 1 unspecified atom stereocenters. The minimum Gasteiger partial charge on any atom is -0.327 e. The van der Waals surface area contributed by atoms with Crippen LogP contribution in [0.5, 0.6) is 0 Å². The van der Waals surface area contributed by atoms with Gasteiger partial charge in [0.1, 0.15) is 11.6 Å². The summed E-state index contributed by atoms with van der Waals surface area (Å²) in [5.74, 6) is 1.70. The van der Waals surface area contributed by atoms with Crippen molar-refractivity contribution in [2.75, 3.05) is 6.54 Å². The molecule has 26 heavy (non-hydrogen) atoms. The van der Waals surface area contributed by atoms with Crippen molar-refractivity contribution in [3.63, 3.8) is 0 Å². The monoisotopic (exact) mass is 372 g/mol. The number of nitrogens with zero attached hydrogens (tertiary/aromatic N) is 6. The highest BCUT2D eigenvalue weighted by molar-refractivity contribution is 7.09. The first-order valence-electron chi connectivity index (χ1n) is 8.41. The Morgan fingerprint density at radius 2 is 2.04 bits per heavy atom. The van der Waals surface area contributed by atoms with Crippen molar-refractivity contribution in [3.8, 4) is 10.8 Å². The van der Waals surface area contributed by atoms with E-state index in [1.807, 2.05) is 18.4 Å². The second-order valence-corrected chi connectivity index (χ2v) is 6.84. The number of carbonyl (C=O) groups excluding carboxylic acids is 1. The highest BCUT2D eigenvalue weighted by Gasteiger charge is 2.32. The zero-order valence-corrected chi connectivity index (χ0v) is 15.2. The van der Waals surface area contributed by atoms with E-state index >= 15 is 0 Å². The second-order valence-electron chi connectivity index (χ2n) is 6.08. The summed E-state index contributed by atoms with van der Waals surface area (Å²) in [4.78, 5) is 19.0. The summed E-state index contributed by atoms with van der Waals surface area (Å²) in [5, 5.41) is 9.31. The summed E-state index contributed by atoms with van der Waals surface area (Å²) in [6.07, 6.45) is 0.772. The molecule has 0 aliphatic carbocycles. The number of rotatable bonds is 3. The fourth-order valence-electron chi connectivity index (χ4n) is 3.07. The first kappa shape index (κ1) is 16.8. The maximum Gasteiger partial charge on any atom is 0.254 e. The third-order valence-corrected chi connectivity index (χ3v) is 5.26. The Kier molecular flexibility index (Phi) is 4.23. The lowest BCUT2D eigenvalue weighted by atomic mass is 10.1. The lowest BCUT2D eigenvalue weighted by molar-refractivity contribution is 0.0638. The number of carbonyl (C=O) groups is 1. The highest BCUT2D eigenvalue weighted by atomic mass is 32.1. The Balaban J connectivity index is 1.62. The van der Waals surface area contributed by atoms with E-state index in [0.717, 1.165) is 23.1 Å². The molecule has 0 N–H and O–H groups in total. The van der Waals surface area contributed by atoms with Crippen LogP contribution in [-0.2, 0) is 13.0 Å². The topological polar surface area (TPSA) is 76.8 Å². The van der Waals surface area contributed by atoms with Gasteiger partial charge in [-0.05, 0) is 42.7 Å². The van der Waals surface area contributed by atoms with Gasteiger partial charge in [-0.1, -0.05) is 6.92 Å². The lowest BCUT2D eigenvalue weighted by Crippen LogP contribution is -2.41. The van der Waals surface area contributed by atoms with Gasteiger partial charge in [-0.3, -0.25) is 4.79 Å². The molecular weight excluding hydrogens is 355 g/mol. The Morgan fingerprint density at radius 1 is 1.27 bits per heavy atom. The fraction of sp³-hybridized carbons (Fsp3) is 0.353. The Labute approximate surface area is 153 Å². The van der Waals surface area contributed by atoms with Crippen LogP contribution in [0, 0.1) is 5.82 Å². The fourth-order valence-corrected chi connectivity index (χ4v) is 3.81. The van der Waals surface area contributed by atoms with Crippen LogP contribution in [0.3, 0.4) is 0 Å². The highest BCUT2D eigenvalue weighted by Crippen LogP contribution is 2.30. The molecule has 1 aliphatic heterocycles. The summed E-state index contributed by atoms with van der Waals surface area (Å²) in [6, 6.07) is 5.36. The minimum absolute atomic E-state index is 0.141. The SMILES string of the molecule is CCc1nsc(-c2nnc3n2CCN(C(=O)c2ccc(F)cc2)C3C)n1. The van der Waals surface area contributed by atoms with Gasteiger partial charge in [0.2, 0.25) is 0 Å². The van der Waals surface area contributed by atoms with Crippen LogP contribution in [0.2, 0.25) is 0 Å². The van der Waals surface area contributed by atoms with Crippen LogP contribution in [0.4, 0.5) is 4.39 Å². The molecule has 0 fully saturated rings. The van der Waals surface area contributed by atoms with Gasteiger partial charge in [0.05, 0.1) is 6.04 Å². The van der Waals surface area contributed by atoms with E-state index in [4.69, 9.17) is 0 Å². The predicted octanol–water partition coefficient (Wildman–Crippen LogP) is 2.72. The number of benzene rings is 1. The van der Waals surface area contributed by atoms with Crippen molar-refractivity contribution >= 4 is 17.4 Å². The van der Waals surface area contributed by atoms with Crippen LogP contribution in [0.1, 0.15) is 41.9 Å². The van der Waals surface area contributed by atoms with Crippen molar-refractivity contribution in [1.82, 2.24) is 29.0 Å². The third-order valence-electron chi connectivity index (χ3n) is 4.51. The van der Waals surface area contributed by atoms with Crippen molar-refractivity contribution in [2.45, 2.75) is 32.9 Å². The molecule has 1 aromatic carbocycles.